The van der Waals surface area contributed by atoms with Crippen molar-refractivity contribution in [3.8, 4) is 0 Å². The molecule has 4 nitrogen and oxygen atoms in total. The van der Waals surface area contributed by atoms with Gasteiger partial charge in [0, 0.05) is 42.4 Å². The zero-order valence-corrected chi connectivity index (χ0v) is 15.9. The maximum absolute atomic E-state index is 4.84. The predicted octanol–water partition coefficient (Wildman–Crippen LogP) is 3.55. The normalized spacial score (nSPS) is 21.5. The number of halogens is 1. The van der Waals surface area contributed by atoms with Crippen LogP contribution in [0.3, 0.4) is 0 Å². The molecule has 5 heteroatoms. The lowest BCUT2D eigenvalue weighted by atomic mass is 10.1. The highest BCUT2D eigenvalue weighted by Gasteiger charge is 2.23. The van der Waals surface area contributed by atoms with Gasteiger partial charge in [-0.3, -0.25) is 4.99 Å². The van der Waals surface area contributed by atoms with E-state index in [9.17, 15) is 0 Å². The van der Waals surface area contributed by atoms with Crippen LogP contribution < -0.4 is 15.5 Å². The van der Waals surface area contributed by atoms with E-state index in [2.05, 4.69) is 74.8 Å². The quantitative estimate of drug-likeness (QED) is 0.458. The number of benzene rings is 1. The molecule has 0 aromatic heterocycles. The maximum atomic E-state index is 4.84. The first kappa shape index (κ1) is 17.3. The second-order valence-electron chi connectivity index (χ2n) is 6.58. The molecule has 1 aromatic rings. The molecule has 0 spiro atoms. The van der Waals surface area contributed by atoms with Gasteiger partial charge in [-0.05, 0) is 50.3 Å². The molecule has 1 aliphatic heterocycles. The molecular weight excluding hydrogens is 364 g/mol. The summed E-state index contributed by atoms with van der Waals surface area (Å²) in [5.74, 6) is 1.59. The van der Waals surface area contributed by atoms with Crippen LogP contribution in [0.25, 0.3) is 0 Å². The zero-order valence-electron chi connectivity index (χ0n) is 14.3. The van der Waals surface area contributed by atoms with Crippen LogP contribution in [0.15, 0.2) is 45.9 Å². The molecule has 130 valence electrons. The van der Waals surface area contributed by atoms with Crippen LogP contribution in [0.4, 0.5) is 5.69 Å². The summed E-state index contributed by atoms with van der Waals surface area (Å²) in [7, 11) is 0. The van der Waals surface area contributed by atoms with Gasteiger partial charge in [0.15, 0.2) is 5.96 Å². The van der Waals surface area contributed by atoms with Crippen LogP contribution in [0, 0.1) is 5.92 Å². The van der Waals surface area contributed by atoms with Gasteiger partial charge in [0.2, 0.25) is 0 Å². The Morgan fingerprint density at radius 3 is 2.92 bits per heavy atom. The highest BCUT2D eigenvalue weighted by atomic mass is 79.9. The molecule has 0 radical (unpaired) electrons. The Kier molecular flexibility index (Phi) is 6.18. The topological polar surface area (TPSA) is 39.7 Å². The Morgan fingerprint density at radius 1 is 1.33 bits per heavy atom. The summed E-state index contributed by atoms with van der Waals surface area (Å²) in [6.07, 6.45) is 7.90. The van der Waals surface area contributed by atoms with Crippen molar-refractivity contribution < 1.29 is 0 Å². The predicted molar refractivity (Wildman–Crippen MR) is 106 cm³/mol. The van der Waals surface area contributed by atoms with Gasteiger partial charge in [-0.2, -0.15) is 0 Å². The molecule has 0 bridgehead atoms. The Morgan fingerprint density at radius 2 is 2.17 bits per heavy atom. The van der Waals surface area contributed by atoms with Crippen molar-refractivity contribution in [3.63, 3.8) is 0 Å². The van der Waals surface area contributed by atoms with Gasteiger partial charge in [-0.1, -0.05) is 34.1 Å². The number of rotatable bonds is 5. The fourth-order valence-corrected chi connectivity index (χ4v) is 3.74. The number of aliphatic imine (C=N–C) groups is 1. The lowest BCUT2D eigenvalue weighted by Gasteiger charge is -2.19. The molecule has 1 fully saturated rings. The van der Waals surface area contributed by atoms with E-state index in [4.69, 9.17) is 4.99 Å². The monoisotopic (exact) mass is 390 g/mol. The Hall–Kier alpha value is -1.49. The smallest absolute Gasteiger partial charge is 0.191 e. The molecule has 0 saturated carbocycles. The highest BCUT2D eigenvalue weighted by molar-refractivity contribution is 9.10. The summed E-state index contributed by atoms with van der Waals surface area (Å²) < 4.78 is 1.14. The lowest BCUT2D eigenvalue weighted by Crippen LogP contribution is -2.42. The number of guanidine groups is 1. The van der Waals surface area contributed by atoms with E-state index in [1.54, 1.807) is 0 Å². The summed E-state index contributed by atoms with van der Waals surface area (Å²) in [6, 6.07) is 9.07. The zero-order chi connectivity index (χ0) is 16.8. The largest absolute Gasteiger partial charge is 0.371 e. The molecule has 2 aliphatic rings. The second kappa shape index (κ2) is 8.56. The van der Waals surface area contributed by atoms with Gasteiger partial charge in [0.05, 0.1) is 0 Å². The van der Waals surface area contributed by atoms with E-state index >= 15 is 0 Å². The van der Waals surface area contributed by atoms with Crippen LogP contribution >= 0.6 is 15.9 Å². The first-order valence-electron chi connectivity index (χ1n) is 8.95. The third-order valence-electron chi connectivity index (χ3n) is 4.66. The van der Waals surface area contributed by atoms with E-state index < -0.39 is 0 Å². The minimum Gasteiger partial charge on any atom is -0.371 e. The average molecular weight is 391 g/mol. The van der Waals surface area contributed by atoms with Crippen LogP contribution in [0.1, 0.15) is 26.2 Å². The first-order valence-corrected chi connectivity index (χ1v) is 9.74. The molecule has 1 aromatic carbocycles. The maximum Gasteiger partial charge on any atom is 0.191 e. The van der Waals surface area contributed by atoms with Crippen molar-refractivity contribution in [2.45, 2.75) is 32.2 Å². The molecule has 24 heavy (non-hydrogen) atoms. The van der Waals surface area contributed by atoms with Gasteiger partial charge in [-0.25, -0.2) is 0 Å². The van der Waals surface area contributed by atoms with E-state index in [1.807, 2.05) is 0 Å². The minimum absolute atomic E-state index is 0.504. The van der Waals surface area contributed by atoms with Gasteiger partial charge >= 0.3 is 0 Å². The van der Waals surface area contributed by atoms with Gasteiger partial charge in [-0.15, -0.1) is 0 Å². The van der Waals surface area contributed by atoms with Gasteiger partial charge in [0.25, 0.3) is 0 Å². The number of hydrogen-bond acceptors (Lipinski definition) is 2. The number of nitrogens with one attached hydrogen (secondary N) is 2. The lowest BCUT2D eigenvalue weighted by molar-refractivity contribution is 0.589. The fourth-order valence-electron chi connectivity index (χ4n) is 3.36. The number of anilines is 1. The van der Waals surface area contributed by atoms with Crippen molar-refractivity contribution in [2.24, 2.45) is 10.9 Å². The summed E-state index contributed by atoms with van der Waals surface area (Å²) in [6.45, 7) is 6.12. The number of hydrogen-bond donors (Lipinski definition) is 2. The van der Waals surface area contributed by atoms with Crippen molar-refractivity contribution in [3.05, 3.63) is 40.9 Å². The third kappa shape index (κ3) is 4.76. The molecule has 1 saturated heterocycles. The SMILES string of the molecule is CCNC(=NCC1CCN(c2cccc(Br)c2)C1)NC1CC=CC1. The van der Waals surface area contributed by atoms with E-state index in [-0.39, 0.29) is 0 Å². The molecule has 1 heterocycles. The molecule has 3 rings (SSSR count). The molecule has 0 amide bonds. The van der Waals surface area contributed by atoms with Crippen molar-refractivity contribution in [1.29, 1.82) is 0 Å². The second-order valence-corrected chi connectivity index (χ2v) is 7.50. The van der Waals surface area contributed by atoms with Crippen LogP contribution in [0.5, 0.6) is 0 Å². The van der Waals surface area contributed by atoms with Crippen molar-refractivity contribution >= 4 is 27.6 Å². The molecule has 2 N–H and O–H groups in total. The van der Waals surface area contributed by atoms with Crippen molar-refractivity contribution in [1.82, 2.24) is 10.6 Å². The first-order chi connectivity index (χ1) is 11.7. The summed E-state index contributed by atoms with van der Waals surface area (Å²) >= 11 is 3.56. The number of nitrogens with zero attached hydrogens (tertiary/aromatic N) is 2. The van der Waals surface area contributed by atoms with Crippen LogP contribution in [-0.2, 0) is 0 Å². The van der Waals surface area contributed by atoms with E-state index in [1.165, 1.54) is 12.1 Å². The average Bonchev–Trinajstić information content (AvgIpc) is 3.24. The van der Waals surface area contributed by atoms with E-state index in [0.717, 1.165) is 49.5 Å². The highest BCUT2D eigenvalue weighted by Crippen LogP contribution is 2.26. The minimum atomic E-state index is 0.504. The van der Waals surface area contributed by atoms with Gasteiger partial charge < -0.3 is 15.5 Å². The third-order valence-corrected chi connectivity index (χ3v) is 5.15. The summed E-state index contributed by atoms with van der Waals surface area (Å²) in [5, 5.41) is 6.92. The standard InChI is InChI=1S/C19H27BrN4/c1-2-21-19(23-17-7-3-4-8-17)22-13-15-10-11-24(14-15)18-9-5-6-16(20)12-18/h3-6,9,12,15,17H,2,7-8,10-11,13-14H2,1H3,(H2,21,22,23). The molecule has 1 unspecified atom stereocenters. The summed E-state index contributed by atoms with van der Waals surface area (Å²) in [4.78, 5) is 7.30. The Labute approximate surface area is 153 Å². The molecule has 1 atom stereocenters. The Bertz CT molecular complexity index is 591. The van der Waals surface area contributed by atoms with Crippen LogP contribution in [-0.4, -0.2) is 38.2 Å². The van der Waals surface area contributed by atoms with Crippen LogP contribution in [0.2, 0.25) is 0 Å². The molecular formula is C19H27BrN4. The molecule has 1 aliphatic carbocycles. The van der Waals surface area contributed by atoms with Crippen molar-refractivity contribution in [2.75, 3.05) is 31.1 Å². The Balaban J connectivity index is 1.53. The van der Waals surface area contributed by atoms with E-state index in [0.29, 0.717) is 12.0 Å². The summed E-state index contributed by atoms with van der Waals surface area (Å²) in [5.41, 5.74) is 1.30. The van der Waals surface area contributed by atoms with Gasteiger partial charge in [0.1, 0.15) is 0 Å². The fraction of sp³-hybridized carbons (Fsp3) is 0.526.